The zero-order valence-corrected chi connectivity index (χ0v) is 10.3. The Morgan fingerprint density at radius 1 is 1.29 bits per heavy atom. The summed E-state index contributed by atoms with van der Waals surface area (Å²) in [5.74, 6) is -1.53. The highest BCUT2D eigenvalue weighted by Gasteiger charge is 2.30. The molecule has 0 saturated heterocycles. The first-order chi connectivity index (χ1) is 7.87. The average molecular weight is 244 g/mol. The minimum Gasteiger partial charge on any atom is -0.385 e. The summed E-state index contributed by atoms with van der Waals surface area (Å²) < 4.78 is 31.1. The average Bonchev–Trinajstić information content (AvgIpc) is 2.24. The Labute approximate surface area is 100 Å². The molecule has 17 heavy (non-hydrogen) atoms. The normalized spacial score (nSPS) is 16.6. The maximum absolute atomic E-state index is 13.1. The monoisotopic (exact) mass is 244 g/mol. The van der Waals surface area contributed by atoms with Crippen LogP contribution in [0.1, 0.15) is 25.8 Å². The molecule has 0 heterocycles. The van der Waals surface area contributed by atoms with Crippen LogP contribution in [0.3, 0.4) is 0 Å². The predicted molar refractivity (Wildman–Crippen MR) is 61.6 cm³/mol. The molecule has 0 aliphatic carbocycles. The van der Waals surface area contributed by atoms with Crippen LogP contribution in [0.2, 0.25) is 0 Å². The molecule has 96 valence electrons. The molecule has 0 amide bonds. The maximum atomic E-state index is 13.1. The van der Waals surface area contributed by atoms with Crippen LogP contribution in [0.4, 0.5) is 8.78 Å². The highest BCUT2D eigenvalue weighted by molar-refractivity contribution is 5.24. The minimum atomic E-state index is -1.28. The van der Waals surface area contributed by atoms with Crippen molar-refractivity contribution in [2.24, 2.45) is 5.92 Å². The number of aliphatic hydroxyl groups is 1. The van der Waals surface area contributed by atoms with E-state index < -0.39 is 17.2 Å². The molecule has 0 radical (unpaired) electrons. The zero-order chi connectivity index (χ0) is 13.1. The second-order valence-corrected chi connectivity index (χ2v) is 4.49. The third-order valence-electron chi connectivity index (χ3n) is 3.16. The van der Waals surface area contributed by atoms with Gasteiger partial charge in [-0.15, -0.1) is 0 Å². The van der Waals surface area contributed by atoms with Gasteiger partial charge in [-0.1, -0.05) is 6.92 Å². The topological polar surface area (TPSA) is 29.5 Å². The van der Waals surface area contributed by atoms with Crippen LogP contribution in [0, 0.1) is 17.6 Å². The van der Waals surface area contributed by atoms with Crippen LogP contribution < -0.4 is 0 Å². The van der Waals surface area contributed by atoms with Crippen LogP contribution in [0.5, 0.6) is 0 Å². The molecule has 0 aliphatic heterocycles. The Hall–Kier alpha value is -1.00. The van der Waals surface area contributed by atoms with Crippen LogP contribution >= 0.6 is 0 Å². The van der Waals surface area contributed by atoms with Gasteiger partial charge in [0.1, 0.15) is 11.6 Å². The largest absolute Gasteiger partial charge is 0.385 e. The summed E-state index contributed by atoms with van der Waals surface area (Å²) in [5, 5.41) is 10.3. The van der Waals surface area contributed by atoms with Crippen molar-refractivity contribution >= 4 is 0 Å². The Bertz CT molecular complexity index is 357. The number of methoxy groups -OCH3 is 1. The van der Waals surface area contributed by atoms with Crippen molar-refractivity contribution < 1.29 is 18.6 Å². The Balaban J connectivity index is 2.94. The number of halogens is 2. The van der Waals surface area contributed by atoms with Crippen molar-refractivity contribution in [3.05, 3.63) is 35.4 Å². The van der Waals surface area contributed by atoms with E-state index in [0.717, 1.165) is 18.2 Å². The highest BCUT2D eigenvalue weighted by Crippen LogP contribution is 2.32. The third kappa shape index (κ3) is 3.48. The molecular weight excluding hydrogens is 226 g/mol. The molecule has 1 rings (SSSR count). The summed E-state index contributed by atoms with van der Waals surface area (Å²) in [7, 11) is 1.57. The lowest BCUT2D eigenvalue weighted by Gasteiger charge is -2.31. The molecule has 0 bridgehead atoms. The fourth-order valence-corrected chi connectivity index (χ4v) is 1.71. The fraction of sp³-hybridized carbons (Fsp3) is 0.538. The summed E-state index contributed by atoms with van der Waals surface area (Å²) >= 11 is 0. The summed E-state index contributed by atoms with van der Waals surface area (Å²) in [4.78, 5) is 0. The Kier molecular flexibility index (Phi) is 4.60. The van der Waals surface area contributed by atoms with E-state index in [2.05, 4.69) is 0 Å². The molecule has 0 aromatic heterocycles. The number of rotatable bonds is 5. The van der Waals surface area contributed by atoms with Gasteiger partial charge < -0.3 is 9.84 Å². The van der Waals surface area contributed by atoms with E-state index in [4.69, 9.17) is 4.74 Å². The molecule has 0 aliphatic rings. The summed E-state index contributed by atoms with van der Waals surface area (Å²) in [6.07, 6.45) is 0.613. The second kappa shape index (κ2) is 5.56. The minimum absolute atomic E-state index is 0.163. The molecule has 0 saturated carbocycles. The Morgan fingerprint density at radius 2 is 1.82 bits per heavy atom. The van der Waals surface area contributed by atoms with E-state index in [0.29, 0.717) is 13.0 Å². The van der Waals surface area contributed by atoms with E-state index >= 15 is 0 Å². The van der Waals surface area contributed by atoms with Gasteiger partial charge in [0.25, 0.3) is 0 Å². The number of hydrogen-bond donors (Lipinski definition) is 1. The molecule has 1 aromatic rings. The second-order valence-electron chi connectivity index (χ2n) is 4.49. The van der Waals surface area contributed by atoms with Gasteiger partial charge in [-0.3, -0.25) is 0 Å². The lowest BCUT2D eigenvalue weighted by atomic mass is 9.82. The van der Waals surface area contributed by atoms with E-state index in [-0.39, 0.29) is 11.5 Å². The predicted octanol–water partition coefficient (Wildman–Crippen LogP) is 2.84. The maximum Gasteiger partial charge on any atom is 0.126 e. The molecule has 2 unspecified atom stereocenters. The van der Waals surface area contributed by atoms with Gasteiger partial charge in [-0.05, 0) is 37.0 Å². The first kappa shape index (κ1) is 14.1. The lowest BCUT2D eigenvalue weighted by Crippen LogP contribution is -2.31. The summed E-state index contributed by atoms with van der Waals surface area (Å²) in [5.41, 5.74) is -1.03. The van der Waals surface area contributed by atoms with E-state index in [1.165, 1.54) is 0 Å². The fourth-order valence-electron chi connectivity index (χ4n) is 1.71. The molecule has 0 spiro atoms. The van der Waals surface area contributed by atoms with Crippen molar-refractivity contribution in [2.45, 2.75) is 25.9 Å². The zero-order valence-electron chi connectivity index (χ0n) is 10.3. The van der Waals surface area contributed by atoms with Crippen molar-refractivity contribution in [1.82, 2.24) is 0 Å². The van der Waals surface area contributed by atoms with Crippen LogP contribution in [0.25, 0.3) is 0 Å². The number of hydrogen-bond acceptors (Lipinski definition) is 2. The van der Waals surface area contributed by atoms with E-state index in [1.54, 1.807) is 14.0 Å². The number of ether oxygens (including phenoxy) is 1. The van der Waals surface area contributed by atoms with Crippen molar-refractivity contribution in [3.63, 3.8) is 0 Å². The van der Waals surface area contributed by atoms with E-state index in [9.17, 15) is 13.9 Å². The molecule has 2 atom stereocenters. The molecule has 0 fully saturated rings. The van der Waals surface area contributed by atoms with Crippen molar-refractivity contribution in [1.29, 1.82) is 0 Å². The quantitative estimate of drug-likeness (QED) is 0.863. The third-order valence-corrected chi connectivity index (χ3v) is 3.16. The summed E-state index contributed by atoms with van der Waals surface area (Å²) in [6.45, 7) is 3.87. The van der Waals surface area contributed by atoms with Gasteiger partial charge >= 0.3 is 0 Å². The van der Waals surface area contributed by atoms with Gasteiger partial charge in [0.2, 0.25) is 0 Å². The highest BCUT2D eigenvalue weighted by atomic mass is 19.1. The van der Waals surface area contributed by atoms with Crippen molar-refractivity contribution in [3.8, 4) is 0 Å². The van der Waals surface area contributed by atoms with Gasteiger partial charge in [0, 0.05) is 19.8 Å². The van der Waals surface area contributed by atoms with Crippen LogP contribution in [-0.4, -0.2) is 18.8 Å². The van der Waals surface area contributed by atoms with Crippen LogP contribution in [0.15, 0.2) is 18.2 Å². The van der Waals surface area contributed by atoms with Gasteiger partial charge in [0.15, 0.2) is 0 Å². The van der Waals surface area contributed by atoms with Crippen LogP contribution in [-0.2, 0) is 10.3 Å². The molecule has 2 nitrogen and oxygen atoms in total. The first-order valence-electron chi connectivity index (χ1n) is 5.55. The number of benzene rings is 1. The van der Waals surface area contributed by atoms with Gasteiger partial charge in [0.05, 0.1) is 5.60 Å². The van der Waals surface area contributed by atoms with Crippen molar-refractivity contribution in [2.75, 3.05) is 13.7 Å². The summed E-state index contributed by atoms with van der Waals surface area (Å²) in [6, 6.07) is 3.11. The smallest absolute Gasteiger partial charge is 0.126 e. The SMILES string of the molecule is COCCC(C)C(C)(O)c1cc(F)cc(F)c1. The van der Waals surface area contributed by atoms with Gasteiger partial charge in [-0.2, -0.15) is 0 Å². The lowest BCUT2D eigenvalue weighted by molar-refractivity contribution is -0.0111. The van der Waals surface area contributed by atoms with Gasteiger partial charge in [-0.25, -0.2) is 8.78 Å². The first-order valence-corrected chi connectivity index (χ1v) is 5.55. The molecule has 1 aromatic carbocycles. The molecular formula is C13H18F2O2. The Morgan fingerprint density at radius 3 is 2.29 bits per heavy atom. The van der Waals surface area contributed by atoms with E-state index in [1.807, 2.05) is 6.92 Å². The molecule has 1 N–H and O–H groups in total. The molecule has 4 heteroatoms. The standard InChI is InChI=1S/C13H18F2O2/c1-9(4-5-17-3)13(2,16)10-6-11(14)8-12(15)7-10/h6-9,16H,4-5H2,1-3H3.